The predicted octanol–water partition coefficient (Wildman–Crippen LogP) is 1.48. The third-order valence-corrected chi connectivity index (χ3v) is 3.55. The lowest BCUT2D eigenvalue weighted by molar-refractivity contribution is -0.146. The first-order chi connectivity index (χ1) is 9.45. The summed E-state index contributed by atoms with van der Waals surface area (Å²) in [7, 11) is 1.34. The van der Waals surface area contributed by atoms with Gasteiger partial charge in [0.05, 0.1) is 20.3 Å². The zero-order chi connectivity index (χ0) is 14.8. The summed E-state index contributed by atoms with van der Waals surface area (Å²) in [4.78, 5) is 25.8. The molecule has 20 heavy (non-hydrogen) atoms. The van der Waals surface area contributed by atoms with Gasteiger partial charge in [-0.1, -0.05) is 30.3 Å². The Labute approximate surface area is 118 Å². The second-order valence-corrected chi connectivity index (χ2v) is 5.21. The van der Waals surface area contributed by atoms with Crippen molar-refractivity contribution in [1.82, 2.24) is 4.90 Å². The number of Topliss-reactive ketones (excluding diaryl/α,β-unsaturated/α-hetero) is 1. The van der Waals surface area contributed by atoms with Crippen LogP contribution in [0.2, 0.25) is 0 Å². The molecule has 1 aromatic rings. The van der Waals surface area contributed by atoms with Gasteiger partial charge in [0, 0.05) is 5.56 Å². The quantitative estimate of drug-likeness (QED) is 0.616. The van der Waals surface area contributed by atoms with Gasteiger partial charge in [-0.15, -0.1) is 0 Å². The first-order valence-electron chi connectivity index (χ1n) is 6.52. The first kappa shape index (κ1) is 14.7. The number of nitrogens with zero attached hydrogens (tertiary/aromatic N) is 1. The van der Waals surface area contributed by atoms with E-state index < -0.39 is 11.8 Å². The largest absolute Gasteiger partial charge is 0.468 e. The second kappa shape index (κ2) is 5.73. The van der Waals surface area contributed by atoms with E-state index in [1.54, 1.807) is 17.0 Å². The van der Waals surface area contributed by atoms with Crippen molar-refractivity contribution in [1.29, 1.82) is 0 Å². The van der Waals surface area contributed by atoms with Crippen LogP contribution in [0.25, 0.3) is 0 Å². The minimum absolute atomic E-state index is 0.0434. The lowest BCUT2D eigenvalue weighted by Crippen LogP contribution is -2.49. The number of carbonyl (C=O) groups excluding carboxylic acids is 2. The number of ether oxygens (including phenoxy) is 2. The number of ketones is 1. The summed E-state index contributed by atoms with van der Waals surface area (Å²) in [6.07, 6.45) is 0. The molecule has 1 atom stereocenters. The van der Waals surface area contributed by atoms with Crippen molar-refractivity contribution < 1.29 is 19.1 Å². The van der Waals surface area contributed by atoms with E-state index in [9.17, 15) is 9.59 Å². The molecular weight excluding hydrogens is 258 g/mol. The monoisotopic (exact) mass is 277 g/mol. The molecule has 108 valence electrons. The number of carbonyl (C=O) groups is 2. The molecule has 0 spiro atoms. The van der Waals surface area contributed by atoms with Gasteiger partial charge in [0.1, 0.15) is 11.8 Å². The van der Waals surface area contributed by atoms with E-state index in [0.717, 1.165) is 0 Å². The fourth-order valence-corrected chi connectivity index (χ4v) is 2.33. The maximum Gasteiger partial charge on any atom is 0.325 e. The zero-order valence-electron chi connectivity index (χ0n) is 12.0. The molecule has 0 bridgehead atoms. The van der Waals surface area contributed by atoms with Gasteiger partial charge in [-0.2, -0.15) is 0 Å². The van der Waals surface area contributed by atoms with Gasteiger partial charge >= 0.3 is 5.97 Å². The summed E-state index contributed by atoms with van der Waals surface area (Å²) >= 11 is 0. The van der Waals surface area contributed by atoms with E-state index in [2.05, 4.69) is 0 Å². The Morgan fingerprint density at radius 1 is 1.35 bits per heavy atom. The molecule has 0 saturated carbocycles. The van der Waals surface area contributed by atoms with Gasteiger partial charge in [-0.25, -0.2) is 0 Å². The SMILES string of the molecule is COC(=O)C1COC(C)(C)N1CC(=O)c1ccccc1. The van der Waals surface area contributed by atoms with Crippen LogP contribution in [0.1, 0.15) is 24.2 Å². The van der Waals surface area contributed by atoms with Crippen LogP contribution >= 0.6 is 0 Å². The highest BCUT2D eigenvalue weighted by Crippen LogP contribution is 2.28. The summed E-state index contributed by atoms with van der Waals surface area (Å²) in [6, 6.07) is 8.48. The molecule has 0 aromatic heterocycles. The Balaban J connectivity index is 2.16. The Kier molecular flexibility index (Phi) is 4.20. The molecule has 2 rings (SSSR count). The zero-order valence-corrected chi connectivity index (χ0v) is 12.0. The molecular formula is C15H19NO4. The van der Waals surface area contributed by atoms with Gasteiger partial charge in [-0.05, 0) is 13.8 Å². The number of rotatable bonds is 4. The van der Waals surface area contributed by atoms with Crippen molar-refractivity contribution in [3.8, 4) is 0 Å². The summed E-state index contributed by atoms with van der Waals surface area (Å²) in [5.74, 6) is -0.422. The topological polar surface area (TPSA) is 55.8 Å². The van der Waals surface area contributed by atoms with E-state index >= 15 is 0 Å². The molecule has 1 fully saturated rings. The highest BCUT2D eigenvalue weighted by molar-refractivity contribution is 5.98. The van der Waals surface area contributed by atoms with Crippen molar-refractivity contribution in [2.75, 3.05) is 20.3 Å². The van der Waals surface area contributed by atoms with Crippen LogP contribution in [0, 0.1) is 0 Å². The molecule has 1 saturated heterocycles. The fourth-order valence-electron chi connectivity index (χ4n) is 2.33. The molecule has 0 amide bonds. The average Bonchev–Trinajstić information content (AvgIpc) is 2.74. The Morgan fingerprint density at radius 2 is 2.00 bits per heavy atom. The molecule has 1 heterocycles. The van der Waals surface area contributed by atoms with Crippen molar-refractivity contribution in [2.45, 2.75) is 25.6 Å². The number of methoxy groups -OCH3 is 1. The fraction of sp³-hybridized carbons (Fsp3) is 0.467. The van der Waals surface area contributed by atoms with Crippen molar-refractivity contribution >= 4 is 11.8 Å². The van der Waals surface area contributed by atoms with Gasteiger partial charge in [-0.3, -0.25) is 14.5 Å². The number of benzene rings is 1. The minimum atomic E-state index is -0.663. The number of esters is 1. The predicted molar refractivity (Wildman–Crippen MR) is 73.3 cm³/mol. The molecule has 0 aliphatic carbocycles. The Hall–Kier alpha value is -1.72. The van der Waals surface area contributed by atoms with Crippen LogP contribution in [-0.4, -0.2) is 48.7 Å². The summed E-state index contributed by atoms with van der Waals surface area (Å²) in [6.45, 7) is 4.04. The molecule has 1 aliphatic heterocycles. The molecule has 0 N–H and O–H groups in total. The van der Waals surface area contributed by atoms with E-state index in [1.807, 2.05) is 32.0 Å². The molecule has 1 unspecified atom stereocenters. The number of hydrogen-bond donors (Lipinski definition) is 0. The van der Waals surface area contributed by atoms with Crippen molar-refractivity contribution in [2.24, 2.45) is 0 Å². The van der Waals surface area contributed by atoms with Crippen LogP contribution in [0.5, 0.6) is 0 Å². The molecule has 5 heteroatoms. The molecule has 5 nitrogen and oxygen atoms in total. The average molecular weight is 277 g/mol. The van der Waals surface area contributed by atoms with E-state index in [1.165, 1.54) is 7.11 Å². The Bertz CT molecular complexity index is 498. The van der Waals surface area contributed by atoms with Crippen LogP contribution in [0.3, 0.4) is 0 Å². The van der Waals surface area contributed by atoms with Crippen molar-refractivity contribution in [3.05, 3.63) is 35.9 Å². The Morgan fingerprint density at radius 3 is 2.60 bits per heavy atom. The summed E-state index contributed by atoms with van der Waals surface area (Å²) < 4.78 is 10.4. The van der Waals surface area contributed by atoms with Crippen LogP contribution < -0.4 is 0 Å². The van der Waals surface area contributed by atoms with Gasteiger partial charge in [0.15, 0.2) is 5.78 Å². The molecule has 1 aliphatic rings. The summed E-state index contributed by atoms with van der Waals surface area (Å²) in [5.41, 5.74) is -0.0395. The number of hydrogen-bond acceptors (Lipinski definition) is 5. The maximum atomic E-state index is 12.3. The highest BCUT2D eigenvalue weighted by Gasteiger charge is 2.45. The van der Waals surface area contributed by atoms with E-state index in [-0.39, 0.29) is 24.9 Å². The van der Waals surface area contributed by atoms with Gasteiger partial charge in [0.25, 0.3) is 0 Å². The van der Waals surface area contributed by atoms with Crippen LogP contribution in [-0.2, 0) is 14.3 Å². The first-order valence-corrected chi connectivity index (χ1v) is 6.52. The normalized spacial score (nSPS) is 21.6. The molecule has 1 aromatic carbocycles. The van der Waals surface area contributed by atoms with Crippen LogP contribution in [0.4, 0.5) is 0 Å². The van der Waals surface area contributed by atoms with Gasteiger partial charge in [0.2, 0.25) is 0 Å². The van der Waals surface area contributed by atoms with E-state index in [0.29, 0.717) is 5.56 Å². The molecule has 0 radical (unpaired) electrons. The minimum Gasteiger partial charge on any atom is -0.468 e. The van der Waals surface area contributed by atoms with E-state index in [4.69, 9.17) is 9.47 Å². The highest BCUT2D eigenvalue weighted by atomic mass is 16.6. The van der Waals surface area contributed by atoms with Crippen LogP contribution in [0.15, 0.2) is 30.3 Å². The van der Waals surface area contributed by atoms with Gasteiger partial charge < -0.3 is 9.47 Å². The van der Waals surface area contributed by atoms with Crippen molar-refractivity contribution in [3.63, 3.8) is 0 Å². The third-order valence-electron chi connectivity index (χ3n) is 3.55. The smallest absolute Gasteiger partial charge is 0.325 e. The third kappa shape index (κ3) is 2.89. The summed E-state index contributed by atoms with van der Waals surface area (Å²) in [5, 5.41) is 0. The standard InChI is InChI=1S/C15H19NO4/c1-15(2)16(12(10-20-15)14(18)19-3)9-13(17)11-7-5-4-6-8-11/h4-8,12H,9-10H2,1-3H3. The maximum absolute atomic E-state index is 12.3. The lowest BCUT2D eigenvalue weighted by atomic mass is 10.1. The lowest BCUT2D eigenvalue weighted by Gasteiger charge is -2.31. The second-order valence-electron chi connectivity index (χ2n) is 5.21.